The maximum atomic E-state index is 13.2. The van der Waals surface area contributed by atoms with E-state index in [-0.39, 0.29) is 36.0 Å². The molecule has 2 amide bonds. The quantitative estimate of drug-likeness (QED) is 0.792. The fourth-order valence-corrected chi connectivity index (χ4v) is 4.46. The molecule has 8 nitrogen and oxygen atoms in total. The van der Waals surface area contributed by atoms with Gasteiger partial charge in [-0.05, 0) is 11.6 Å². The Labute approximate surface area is 169 Å². The fraction of sp³-hybridized carbons (Fsp3) is 0.429. The molecule has 0 saturated carbocycles. The molecule has 0 radical (unpaired) electrons. The average Bonchev–Trinajstić information content (AvgIpc) is 3.26. The first-order valence-electron chi connectivity index (χ1n) is 9.76. The second-order valence-electron chi connectivity index (χ2n) is 7.52. The van der Waals surface area contributed by atoms with Crippen LogP contribution < -0.4 is 4.90 Å². The van der Waals surface area contributed by atoms with Gasteiger partial charge in [0.05, 0.1) is 24.7 Å². The van der Waals surface area contributed by atoms with Gasteiger partial charge in [0, 0.05) is 57.3 Å². The fourth-order valence-electron chi connectivity index (χ4n) is 4.46. The Balaban J connectivity index is 1.75. The number of hydrogen-bond acceptors (Lipinski definition) is 6. The number of rotatable bonds is 3. The molecule has 2 aliphatic heterocycles. The van der Waals surface area contributed by atoms with E-state index in [0.717, 1.165) is 11.3 Å². The number of benzene rings is 1. The van der Waals surface area contributed by atoms with E-state index in [2.05, 4.69) is 22.2 Å². The van der Waals surface area contributed by atoms with E-state index >= 15 is 0 Å². The number of anilines is 1. The lowest BCUT2D eigenvalue weighted by Crippen LogP contribution is -2.53. The highest BCUT2D eigenvalue weighted by Gasteiger charge is 2.42. The predicted octanol–water partition coefficient (Wildman–Crippen LogP) is 2.07. The van der Waals surface area contributed by atoms with Crippen molar-refractivity contribution in [3.8, 4) is 6.07 Å². The number of amides is 2. The zero-order valence-corrected chi connectivity index (χ0v) is 16.3. The van der Waals surface area contributed by atoms with Crippen LogP contribution in [-0.4, -0.2) is 60.0 Å². The van der Waals surface area contributed by atoms with E-state index in [0.29, 0.717) is 32.6 Å². The molecule has 8 heteroatoms. The van der Waals surface area contributed by atoms with Crippen LogP contribution in [0.25, 0.3) is 0 Å². The molecule has 2 aromatic rings. The Morgan fingerprint density at radius 3 is 2.90 bits per heavy atom. The lowest BCUT2D eigenvalue weighted by atomic mass is 9.84. The Hall–Kier alpha value is -3.34. The van der Waals surface area contributed by atoms with Gasteiger partial charge in [0.15, 0.2) is 0 Å². The molecule has 3 heterocycles. The third-order valence-corrected chi connectivity index (χ3v) is 5.73. The number of nitriles is 1. The van der Waals surface area contributed by atoms with Crippen molar-refractivity contribution >= 4 is 17.5 Å². The van der Waals surface area contributed by atoms with Crippen LogP contribution in [0.3, 0.4) is 0 Å². The summed E-state index contributed by atoms with van der Waals surface area (Å²) in [5.41, 5.74) is 2.15. The molecular weight excluding hydrogens is 370 g/mol. The molecule has 1 saturated heterocycles. The van der Waals surface area contributed by atoms with Crippen LogP contribution in [0.5, 0.6) is 0 Å². The Kier molecular flexibility index (Phi) is 5.21. The first-order chi connectivity index (χ1) is 14.1. The minimum absolute atomic E-state index is 0.0183. The number of fused-ring (bicyclic) bond motifs is 3. The minimum atomic E-state index is -0.255. The molecule has 1 aromatic heterocycles. The molecule has 4 rings (SSSR count). The third-order valence-electron chi connectivity index (χ3n) is 5.73. The van der Waals surface area contributed by atoms with Crippen molar-refractivity contribution in [2.45, 2.75) is 18.9 Å². The highest BCUT2D eigenvalue weighted by atomic mass is 16.5. The molecule has 0 aliphatic carbocycles. The van der Waals surface area contributed by atoms with E-state index in [4.69, 9.17) is 9.78 Å². The second kappa shape index (κ2) is 7.95. The number of nitrogens with zero attached hydrogens (tertiary/aromatic N) is 5. The van der Waals surface area contributed by atoms with Gasteiger partial charge in [-0.1, -0.05) is 23.4 Å². The van der Waals surface area contributed by atoms with E-state index in [1.807, 2.05) is 25.2 Å². The molecule has 0 spiro atoms. The highest BCUT2D eigenvalue weighted by Crippen LogP contribution is 2.42. The maximum absolute atomic E-state index is 13.2. The summed E-state index contributed by atoms with van der Waals surface area (Å²) in [5, 5.41) is 12.6. The van der Waals surface area contributed by atoms with Crippen molar-refractivity contribution < 1.29 is 14.1 Å². The summed E-state index contributed by atoms with van der Waals surface area (Å²) >= 11 is 0. The van der Waals surface area contributed by atoms with E-state index in [1.54, 1.807) is 15.9 Å². The standard InChI is InChI=1S/C21H23N5O3/c1-24-13-15-14-25(11-4-9-22)19(27)8-12-26(21(28)18-7-10-23-29-18)20(15)16-5-2-3-6-17(16)24/h2-3,5-7,10,15,20H,4,8,11-14H2,1H3/t15-,20-/m1/s1. The number of carbonyl (C=O) groups is 2. The topological polar surface area (TPSA) is 93.7 Å². The van der Waals surface area contributed by atoms with Crippen molar-refractivity contribution in [1.82, 2.24) is 15.0 Å². The smallest absolute Gasteiger partial charge is 0.292 e. The molecule has 0 bridgehead atoms. The van der Waals surface area contributed by atoms with Gasteiger partial charge in [0.25, 0.3) is 5.91 Å². The molecule has 2 atom stereocenters. The summed E-state index contributed by atoms with van der Waals surface area (Å²) in [6.45, 7) is 1.92. The van der Waals surface area contributed by atoms with Gasteiger partial charge in [-0.3, -0.25) is 9.59 Å². The zero-order valence-electron chi connectivity index (χ0n) is 16.3. The van der Waals surface area contributed by atoms with Gasteiger partial charge in [-0.2, -0.15) is 5.26 Å². The van der Waals surface area contributed by atoms with Gasteiger partial charge >= 0.3 is 0 Å². The van der Waals surface area contributed by atoms with E-state index < -0.39 is 0 Å². The first-order valence-corrected chi connectivity index (χ1v) is 9.76. The number of carbonyl (C=O) groups excluding carboxylic acids is 2. The van der Waals surface area contributed by atoms with Gasteiger partial charge in [-0.15, -0.1) is 0 Å². The van der Waals surface area contributed by atoms with Crippen LogP contribution in [0.4, 0.5) is 5.69 Å². The van der Waals surface area contributed by atoms with Gasteiger partial charge < -0.3 is 19.2 Å². The zero-order chi connectivity index (χ0) is 20.4. The van der Waals surface area contributed by atoms with Gasteiger partial charge in [0.2, 0.25) is 11.7 Å². The highest BCUT2D eigenvalue weighted by molar-refractivity contribution is 5.92. The molecule has 1 fully saturated rings. The molecule has 0 unspecified atom stereocenters. The van der Waals surface area contributed by atoms with Crippen LogP contribution in [0.1, 0.15) is 35.0 Å². The normalized spacial score (nSPS) is 21.7. The van der Waals surface area contributed by atoms with Crippen LogP contribution in [0.15, 0.2) is 41.1 Å². The molecular formula is C21H23N5O3. The number of aromatic nitrogens is 1. The average molecular weight is 393 g/mol. The SMILES string of the molecule is CN1C[C@@H]2CN(CCC#N)C(=O)CCN(C(=O)c3ccno3)[C@H]2c2ccccc21. The molecule has 2 aliphatic rings. The largest absolute Gasteiger partial charge is 0.374 e. The number of hydrogen-bond donors (Lipinski definition) is 0. The minimum Gasteiger partial charge on any atom is -0.374 e. The lowest BCUT2D eigenvalue weighted by molar-refractivity contribution is -0.133. The Morgan fingerprint density at radius 2 is 2.14 bits per heavy atom. The number of para-hydroxylation sites is 1. The van der Waals surface area contributed by atoms with Crippen LogP contribution in [0.2, 0.25) is 0 Å². The van der Waals surface area contributed by atoms with E-state index in [9.17, 15) is 9.59 Å². The van der Waals surface area contributed by atoms with Crippen molar-refractivity contribution in [3.63, 3.8) is 0 Å². The monoisotopic (exact) mass is 393 g/mol. The summed E-state index contributed by atoms with van der Waals surface area (Å²) in [4.78, 5) is 31.7. The van der Waals surface area contributed by atoms with Crippen LogP contribution in [-0.2, 0) is 4.79 Å². The third kappa shape index (κ3) is 3.56. The van der Waals surface area contributed by atoms with Crippen molar-refractivity contribution in [1.29, 1.82) is 5.26 Å². The summed E-state index contributed by atoms with van der Waals surface area (Å²) in [6.07, 6.45) is 1.97. The van der Waals surface area contributed by atoms with Gasteiger partial charge in [-0.25, -0.2) is 0 Å². The van der Waals surface area contributed by atoms with Crippen molar-refractivity contribution in [3.05, 3.63) is 47.9 Å². The molecule has 150 valence electrons. The first kappa shape index (κ1) is 19.0. The Bertz CT molecular complexity index is 936. The lowest BCUT2D eigenvalue weighted by Gasteiger charge is -2.47. The summed E-state index contributed by atoms with van der Waals surface area (Å²) < 4.78 is 5.13. The second-order valence-corrected chi connectivity index (χ2v) is 7.52. The van der Waals surface area contributed by atoms with Crippen LogP contribution >= 0.6 is 0 Å². The van der Waals surface area contributed by atoms with E-state index in [1.165, 1.54) is 6.20 Å². The van der Waals surface area contributed by atoms with Crippen molar-refractivity contribution in [2.24, 2.45) is 5.92 Å². The molecule has 1 aromatic carbocycles. The van der Waals surface area contributed by atoms with Gasteiger partial charge in [0.1, 0.15) is 0 Å². The maximum Gasteiger partial charge on any atom is 0.292 e. The van der Waals surface area contributed by atoms with Crippen LogP contribution in [0, 0.1) is 17.2 Å². The Morgan fingerprint density at radius 1 is 1.31 bits per heavy atom. The summed E-state index contributed by atoms with van der Waals surface area (Å²) in [6, 6.07) is 11.6. The summed E-state index contributed by atoms with van der Waals surface area (Å²) in [7, 11) is 2.03. The molecule has 0 N–H and O–H groups in total. The van der Waals surface area contributed by atoms with Crippen molar-refractivity contribution in [2.75, 3.05) is 38.1 Å². The molecule has 29 heavy (non-hydrogen) atoms. The predicted molar refractivity (Wildman–Crippen MR) is 105 cm³/mol. The summed E-state index contributed by atoms with van der Waals surface area (Å²) in [5.74, 6) is -0.0926.